The van der Waals surface area contributed by atoms with Crippen molar-refractivity contribution >= 4 is 5.91 Å². The number of aromatic nitrogens is 2. The summed E-state index contributed by atoms with van der Waals surface area (Å²) in [6.45, 7) is 6.57. The van der Waals surface area contributed by atoms with Gasteiger partial charge in [-0.15, -0.1) is 0 Å². The Hall–Kier alpha value is -2.96. The molecule has 1 aliphatic rings. The topological polar surface area (TPSA) is 84.2 Å². The molecule has 3 N–H and O–H groups in total. The smallest absolute Gasteiger partial charge is 0.252 e. The van der Waals surface area contributed by atoms with Crippen LogP contribution in [0.3, 0.4) is 0 Å². The lowest BCUT2D eigenvalue weighted by molar-refractivity contribution is 0.0342. The number of H-pyrrole nitrogens is 1. The van der Waals surface area contributed by atoms with Gasteiger partial charge in [0.2, 0.25) is 0 Å². The fourth-order valence-electron chi connectivity index (χ4n) is 4.02. The molecule has 0 saturated carbocycles. The minimum Gasteiger partial charge on any atom is -0.379 e. The van der Waals surface area contributed by atoms with E-state index in [0.717, 1.165) is 56.2 Å². The number of nitrogens with one attached hydrogen (secondary N) is 1. The van der Waals surface area contributed by atoms with Crippen LogP contribution in [0.25, 0.3) is 0 Å². The van der Waals surface area contributed by atoms with Crippen LogP contribution < -0.4 is 5.73 Å². The van der Waals surface area contributed by atoms with Gasteiger partial charge in [-0.05, 0) is 36.5 Å². The maximum absolute atomic E-state index is 12.2. The summed E-state index contributed by atoms with van der Waals surface area (Å²) in [4.78, 5) is 14.6. The van der Waals surface area contributed by atoms with Crippen molar-refractivity contribution in [3.63, 3.8) is 0 Å². The van der Waals surface area contributed by atoms with Crippen LogP contribution >= 0.6 is 0 Å². The second-order valence-corrected chi connectivity index (χ2v) is 8.26. The van der Waals surface area contributed by atoms with Gasteiger partial charge in [-0.25, -0.2) is 0 Å². The molecule has 0 atom stereocenters. The zero-order valence-electron chi connectivity index (χ0n) is 18.1. The van der Waals surface area contributed by atoms with E-state index in [-0.39, 0.29) is 0 Å². The molecule has 1 aromatic heterocycles. The molecular weight excluding hydrogens is 388 g/mol. The number of hydrogen-bond donors (Lipinski definition) is 2. The fourth-order valence-corrected chi connectivity index (χ4v) is 4.02. The van der Waals surface area contributed by atoms with Crippen LogP contribution in [0.4, 0.5) is 0 Å². The summed E-state index contributed by atoms with van der Waals surface area (Å²) >= 11 is 0. The van der Waals surface area contributed by atoms with Gasteiger partial charge in [0.15, 0.2) is 0 Å². The fraction of sp³-hybridized carbons (Fsp3) is 0.360. The highest BCUT2D eigenvalue weighted by molar-refractivity contribution is 5.95. The van der Waals surface area contributed by atoms with Crippen molar-refractivity contribution in [2.45, 2.75) is 32.7 Å². The summed E-state index contributed by atoms with van der Waals surface area (Å²) in [5.74, 6) is -0.424. The number of carbonyl (C=O) groups excluding carboxylic acids is 1. The van der Waals surface area contributed by atoms with Gasteiger partial charge in [0.1, 0.15) is 0 Å². The number of ether oxygens (including phenoxy) is 1. The van der Waals surface area contributed by atoms with Crippen LogP contribution in [-0.4, -0.2) is 47.3 Å². The van der Waals surface area contributed by atoms with Gasteiger partial charge in [0.05, 0.1) is 30.2 Å². The van der Waals surface area contributed by atoms with Crippen molar-refractivity contribution in [2.75, 3.05) is 26.3 Å². The van der Waals surface area contributed by atoms with Gasteiger partial charge in [-0.1, -0.05) is 54.1 Å². The molecule has 3 aromatic rings. The average Bonchev–Trinajstić information content (AvgIpc) is 3.18. The van der Waals surface area contributed by atoms with Crippen molar-refractivity contribution in [3.05, 3.63) is 87.7 Å². The number of hydrogen-bond acceptors (Lipinski definition) is 4. The Kier molecular flexibility index (Phi) is 6.79. The summed E-state index contributed by atoms with van der Waals surface area (Å²) < 4.78 is 5.41. The maximum Gasteiger partial charge on any atom is 0.252 e. The second kappa shape index (κ2) is 9.90. The summed E-state index contributed by atoms with van der Waals surface area (Å²) in [6.07, 6.45) is 2.10. The van der Waals surface area contributed by atoms with Crippen LogP contribution in [0.15, 0.2) is 48.5 Å². The van der Waals surface area contributed by atoms with E-state index in [2.05, 4.69) is 70.6 Å². The Labute approximate surface area is 183 Å². The largest absolute Gasteiger partial charge is 0.379 e. The summed E-state index contributed by atoms with van der Waals surface area (Å²) in [5.41, 5.74) is 12.6. The molecule has 6 heteroatoms. The highest BCUT2D eigenvalue weighted by Crippen LogP contribution is 2.19. The number of morpholine rings is 1. The molecule has 162 valence electrons. The van der Waals surface area contributed by atoms with Crippen LogP contribution in [0.1, 0.15) is 44.0 Å². The number of carbonyl (C=O) groups is 1. The van der Waals surface area contributed by atoms with E-state index in [9.17, 15) is 4.79 Å². The Balaban J connectivity index is 1.41. The standard InChI is InChI=1S/C25H30N4O2/c1-18-2-4-19(5-3-18)10-11-22-24(25(26)30)23(28-27-22)16-20-6-8-21(9-7-20)17-29-12-14-31-15-13-29/h2-9H,10-17H2,1H3,(H2,26,30)(H,27,28). The first-order chi connectivity index (χ1) is 15.1. The predicted octanol–water partition coefficient (Wildman–Crippen LogP) is 3.03. The number of nitrogens with zero attached hydrogens (tertiary/aromatic N) is 2. The van der Waals surface area contributed by atoms with Gasteiger partial charge in [0, 0.05) is 26.1 Å². The summed E-state index contributed by atoms with van der Waals surface area (Å²) in [7, 11) is 0. The molecule has 0 spiro atoms. The van der Waals surface area contributed by atoms with Crippen molar-refractivity contribution in [2.24, 2.45) is 5.73 Å². The Morgan fingerprint density at radius 1 is 1.00 bits per heavy atom. The van der Waals surface area contributed by atoms with E-state index in [1.807, 2.05) is 0 Å². The molecule has 0 aliphatic carbocycles. The van der Waals surface area contributed by atoms with Crippen molar-refractivity contribution in [3.8, 4) is 0 Å². The normalized spacial score (nSPS) is 14.6. The van der Waals surface area contributed by atoms with Crippen molar-refractivity contribution in [1.82, 2.24) is 15.1 Å². The minimum absolute atomic E-state index is 0.424. The summed E-state index contributed by atoms with van der Waals surface area (Å²) in [6, 6.07) is 17.0. The van der Waals surface area contributed by atoms with Gasteiger partial charge < -0.3 is 10.5 Å². The highest BCUT2D eigenvalue weighted by Gasteiger charge is 2.18. The highest BCUT2D eigenvalue weighted by atomic mass is 16.5. The summed E-state index contributed by atoms with van der Waals surface area (Å²) in [5, 5.41) is 7.47. The first-order valence-electron chi connectivity index (χ1n) is 10.9. The molecule has 1 fully saturated rings. The first kappa shape index (κ1) is 21.3. The second-order valence-electron chi connectivity index (χ2n) is 8.26. The molecular formula is C25H30N4O2. The molecule has 0 radical (unpaired) electrons. The van der Waals surface area contributed by atoms with Crippen molar-refractivity contribution < 1.29 is 9.53 Å². The quantitative estimate of drug-likeness (QED) is 0.589. The monoisotopic (exact) mass is 418 g/mol. The number of aromatic amines is 1. The molecule has 1 aliphatic heterocycles. The third-order valence-electron chi connectivity index (χ3n) is 5.85. The van der Waals surface area contributed by atoms with E-state index in [1.54, 1.807) is 0 Å². The van der Waals surface area contributed by atoms with E-state index < -0.39 is 5.91 Å². The van der Waals surface area contributed by atoms with Gasteiger partial charge in [-0.2, -0.15) is 5.10 Å². The minimum atomic E-state index is -0.424. The zero-order chi connectivity index (χ0) is 21.6. The molecule has 2 heterocycles. The molecule has 31 heavy (non-hydrogen) atoms. The SMILES string of the molecule is Cc1ccc(CCc2n[nH]c(Cc3ccc(CN4CCOCC4)cc3)c2C(N)=O)cc1. The van der Waals surface area contributed by atoms with E-state index in [1.165, 1.54) is 16.7 Å². The molecule has 2 aromatic carbocycles. The molecule has 6 nitrogen and oxygen atoms in total. The third-order valence-corrected chi connectivity index (χ3v) is 5.85. The van der Waals surface area contributed by atoms with E-state index >= 15 is 0 Å². The van der Waals surface area contributed by atoms with Gasteiger partial charge >= 0.3 is 0 Å². The molecule has 4 rings (SSSR count). The van der Waals surface area contributed by atoms with Crippen molar-refractivity contribution in [1.29, 1.82) is 0 Å². The van der Waals surface area contributed by atoms with Gasteiger partial charge in [-0.3, -0.25) is 14.8 Å². The number of primary amides is 1. The molecule has 0 unspecified atom stereocenters. The van der Waals surface area contributed by atoms with E-state index in [4.69, 9.17) is 10.5 Å². The zero-order valence-corrected chi connectivity index (χ0v) is 18.1. The third kappa shape index (κ3) is 5.60. The number of rotatable bonds is 8. The van der Waals surface area contributed by atoms with Gasteiger partial charge in [0.25, 0.3) is 5.91 Å². The lowest BCUT2D eigenvalue weighted by Crippen LogP contribution is -2.35. The lowest BCUT2D eigenvalue weighted by Gasteiger charge is -2.26. The molecule has 0 bridgehead atoms. The average molecular weight is 419 g/mol. The number of benzene rings is 2. The lowest BCUT2D eigenvalue weighted by atomic mass is 10.0. The van der Waals surface area contributed by atoms with Crippen LogP contribution in [0, 0.1) is 6.92 Å². The Morgan fingerprint density at radius 2 is 1.65 bits per heavy atom. The number of aryl methyl sites for hydroxylation is 3. The van der Waals surface area contributed by atoms with E-state index in [0.29, 0.717) is 18.4 Å². The number of nitrogens with two attached hydrogens (primary N) is 1. The number of amides is 1. The molecule has 1 saturated heterocycles. The Bertz CT molecular complexity index is 1000. The van der Waals surface area contributed by atoms with Crippen LogP contribution in [0.5, 0.6) is 0 Å². The maximum atomic E-state index is 12.2. The Morgan fingerprint density at radius 3 is 2.32 bits per heavy atom. The molecule has 1 amide bonds. The van der Waals surface area contributed by atoms with Crippen LogP contribution in [-0.2, 0) is 30.5 Å². The van der Waals surface area contributed by atoms with Crippen LogP contribution in [0.2, 0.25) is 0 Å². The first-order valence-corrected chi connectivity index (χ1v) is 10.9. The predicted molar refractivity (Wildman–Crippen MR) is 121 cm³/mol.